The predicted molar refractivity (Wildman–Crippen MR) is 64.0 cm³/mol. The van der Waals surface area contributed by atoms with Gasteiger partial charge < -0.3 is 15.5 Å². The summed E-state index contributed by atoms with van der Waals surface area (Å²) in [5, 5.41) is 0. The Balaban J connectivity index is 2.19. The topological polar surface area (TPSA) is 63.9 Å². The molecular formula is C12H15F2N3O. The van der Waals surface area contributed by atoms with Crippen molar-refractivity contribution >= 4 is 11.0 Å². The van der Waals surface area contributed by atoms with Crippen molar-refractivity contribution in [3.63, 3.8) is 0 Å². The van der Waals surface area contributed by atoms with Crippen LogP contribution in [0.25, 0.3) is 11.0 Å². The minimum atomic E-state index is -0.909. The molecule has 2 aromatic rings. The van der Waals surface area contributed by atoms with E-state index in [1.807, 2.05) is 0 Å². The molecule has 0 aliphatic heterocycles. The van der Waals surface area contributed by atoms with Gasteiger partial charge in [-0.2, -0.15) is 0 Å². The van der Waals surface area contributed by atoms with Crippen LogP contribution < -0.4 is 5.73 Å². The Morgan fingerprint density at radius 1 is 1.39 bits per heavy atom. The third-order valence-corrected chi connectivity index (χ3v) is 2.76. The fourth-order valence-electron chi connectivity index (χ4n) is 1.78. The number of ether oxygens (including phenoxy) is 1. The first-order chi connectivity index (χ1) is 8.61. The lowest BCUT2D eigenvalue weighted by Crippen LogP contribution is -2.12. The number of hydrogen-bond donors (Lipinski definition) is 2. The summed E-state index contributed by atoms with van der Waals surface area (Å²) in [6, 6.07) is 1.86. The third-order valence-electron chi connectivity index (χ3n) is 2.76. The number of rotatable bonds is 5. The van der Waals surface area contributed by atoms with Gasteiger partial charge in [-0.15, -0.1) is 0 Å². The molecule has 0 spiro atoms. The predicted octanol–water partition coefficient (Wildman–Crippen LogP) is 2.27. The van der Waals surface area contributed by atoms with Crippen molar-refractivity contribution < 1.29 is 13.5 Å². The minimum Gasteiger partial charge on any atom is -0.385 e. The molecule has 0 bridgehead atoms. The number of aromatic nitrogens is 2. The minimum absolute atomic E-state index is 0.293. The van der Waals surface area contributed by atoms with Crippen LogP contribution in [-0.4, -0.2) is 23.7 Å². The zero-order chi connectivity index (χ0) is 13.1. The molecule has 6 heteroatoms. The molecule has 0 radical (unpaired) electrons. The number of fused-ring (bicyclic) bond motifs is 1. The van der Waals surface area contributed by atoms with E-state index in [2.05, 4.69) is 9.97 Å². The zero-order valence-corrected chi connectivity index (χ0v) is 10.0. The van der Waals surface area contributed by atoms with Gasteiger partial charge in [0.25, 0.3) is 0 Å². The molecule has 0 saturated heterocycles. The summed E-state index contributed by atoms with van der Waals surface area (Å²) >= 11 is 0. The fraction of sp³-hybridized carbons (Fsp3) is 0.417. The van der Waals surface area contributed by atoms with Crippen molar-refractivity contribution in [2.45, 2.75) is 18.9 Å². The van der Waals surface area contributed by atoms with Crippen molar-refractivity contribution in [1.29, 1.82) is 0 Å². The van der Waals surface area contributed by atoms with Crippen LogP contribution in [0, 0.1) is 11.6 Å². The Bertz CT molecular complexity index is 502. The second-order valence-corrected chi connectivity index (χ2v) is 4.15. The van der Waals surface area contributed by atoms with Crippen molar-refractivity contribution in [3.05, 3.63) is 29.6 Å². The van der Waals surface area contributed by atoms with E-state index in [0.29, 0.717) is 29.9 Å². The molecule has 1 atom stereocenters. The second kappa shape index (κ2) is 5.41. The highest BCUT2D eigenvalue weighted by Crippen LogP contribution is 2.20. The molecule has 3 N–H and O–H groups in total. The zero-order valence-electron chi connectivity index (χ0n) is 10.0. The number of imidazole rings is 1. The Kier molecular flexibility index (Phi) is 3.88. The Labute approximate surface area is 103 Å². The van der Waals surface area contributed by atoms with E-state index in [-0.39, 0.29) is 6.04 Å². The molecule has 98 valence electrons. The van der Waals surface area contributed by atoms with Crippen molar-refractivity contribution in [2.75, 3.05) is 13.7 Å². The molecule has 0 aliphatic carbocycles. The van der Waals surface area contributed by atoms with Crippen LogP contribution in [0.3, 0.4) is 0 Å². The molecule has 1 heterocycles. The van der Waals surface area contributed by atoms with E-state index in [4.69, 9.17) is 10.5 Å². The summed E-state index contributed by atoms with van der Waals surface area (Å²) in [5.41, 5.74) is 6.77. The summed E-state index contributed by atoms with van der Waals surface area (Å²) in [7, 11) is 1.62. The van der Waals surface area contributed by atoms with E-state index >= 15 is 0 Å². The van der Waals surface area contributed by atoms with Gasteiger partial charge in [-0.05, 0) is 12.8 Å². The molecule has 1 aromatic heterocycles. The number of hydrogen-bond acceptors (Lipinski definition) is 3. The maximum Gasteiger partial charge on any atom is 0.161 e. The van der Waals surface area contributed by atoms with Gasteiger partial charge in [0, 0.05) is 25.8 Å². The maximum atomic E-state index is 13.0. The highest BCUT2D eigenvalue weighted by Gasteiger charge is 2.13. The molecule has 2 rings (SSSR count). The summed E-state index contributed by atoms with van der Waals surface area (Å²) in [6.45, 7) is 0.622. The van der Waals surface area contributed by atoms with E-state index in [1.165, 1.54) is 0 Å². The lowest BCUT2D eigenvalue weighted by atomic mass is 10.1. The molecule has 0 fully saturated rings. The van der Waals surface area contributed by atoms with Gasteiger partial charge in [0.15, 0.2) is 11.6 Å². The van der Waals surface area contributed by atoms with E-state index in [9.17, 15) is 8.78 Å². The number of nitrogens with two attached hydrogens (primary N) is 1. The number of nitrogens with zero attached hydrogens (tertiary/aromatic N) is 1. The van der Waals surface area contributed by atoms with Crippen LogP contribution in [0.1, 0.15) is 24.7 Å². The van der Waals surface area contributed by atoms with Crippen molar-refractivity contribution in [2.24, 2.45) is 5.73 Å². The SMILES string of the molecule is COCCCC(N)c1nc2cc(F)c(F)cc2[nH]1. The summed E-state index contributed by atoms with van der Waals surface area (Å²) in [4.78, 5) is 7.07. The number of H-pyrrole nitrogens is 1. The Morgan fingerprint density at radius 2 is 2.11 bits per heavy atom. The van der Waals surface area contributed by atoms with Crippen LogP contribution in [0.5, 0.6) is 0 Å². The summed E-state index contributed by atoms with van der Waals surface area (Å²) in [6.07, 6.45) is 1.50. The van der Waals surface area contributed by atoms with Crippen LogP contribution in [-0.2, 0) is 4.74 Å². The molecule has 0 aliphatic rings. The van der Waals surface area contributed by atoms with Crippen LogP contribution in [0.2, 0.25) is 0 Å². The first-order valence-electron chi connectivity index (χ1n) is 5.71. The van der Waals surface area contributed by atoms with Crippen LogP contribution in [0.4, 0.5) is 8.78 Å². The van der Waals surface area contributed by atoms with Gasteiger partial charge in [0.2, 0.25) is 0 Å². The Morgan fingerprint density at radius 3 is 2.83 bits per heavy atom. The molecule has 0 amide bonds. The number of benzene rings is 1. The average Bonchev–Trinajstić information content (AvgIpc) is 2.73. The highest BCUT2D eigenvalue weighted by molar-refractivity contribution is 5.75. The van der Waals surface area contributed by atoms with Gasteiger partial charge in [-0.1, -0.05) is 0 Å². The monoisotopic (exact) mass is 255 g/mol. The number of aromatic amines is 1. The highest BCUT2D eigenvalue weighted by atomic mass is 19.2. The molecule has 1 aromatic carbocycles. The first-order valence-corrected chi connectivity index (χ1v) is 5.71. The normalized spacial score (nSPS) is 13.1. The molecule has 1 unspecified atom stereocenters. The van der Waals surface area contributed by atoms with E-state index in [0.717, 1.165) is 18.6 Å². The number of halogens is 2. The quantitative estimate of drug-likeness (QED) is 0.805. The fourth-order valence-corrected chi connectivity index (χ4v) is 1.78. The molecule has 0 saturated carbocycles. The average molecular weight is 255 g/mol. The Hall–Kier alpha value is -1.53. The lowest BCUT2D eigenvalue weighted by molar-refractivity contribution is 0.190. The van der Waals surface area contributed by atoms with Gasteiger partial charge in [0.1, 0.15) is 5.82 Å². The lowest BCUT2D eigenvalue weighted by Gasteiger charge is -2.07. The smallest absolute Gasteiger partial charge is 0.161 e. The van der Waals surface area contributed by atoms with Gasteiger partial charge in [-0.25, -0.2) is 13.8 Å². The van der Waals surface area contributed by atoms with Crippen LogP contribution >= 0.6 is 0 Å². The van der Waals surface area contributed by atoms with E-state index in [1.54, 1.807) is 7.11 Å². The molecule has 4 nitrogen and oxygen atoms in total. The van der Waals surface area contributed by atoms with E-state index < -0.39 is 11.6 Å². The maximum absolute atomic E-state index is 13.0. The van der Waals surface area contributed by atoms with Crippen LogP contribution in [0.15, 0.2) is 12.1 Å². The van der Waals surface area contributed by atoms with Gasteiger partial charge in [-0.3, -0.25) is 0 Å². The standard InChI is InChI=1S/C12H15F2N3O/c1-18-4-2-3-9(15)12-16-10-5-7(13)8(14)6-11(10)17-12/h5-6,9H,2-4,15H2,1H3,(H,16,17). The largest absolute Gasteiger partial charge is 0.385 e. The van der Waals surface area contributed by atoms with Gasteiger partial charge >= 0.3 is 0 Å². The first kappa shape index (κ1) is 12.9. The number of methoxy groups -OCH3 is 1. The summed E-state index contributed by atoms with van der Waals surface area (Å²) in [5.74, 6) is -1.27. The van der Waals surface area contributed by atoms with Crippen molar-refractivity contribution in [3.8, 4) is 0 Å². The van der Waals surface area contributed by atoms with Crippen molar-refractivity contribution in [1.82, 2.24) is 9.97 Å². The van der Waals surface area contributed by atoms with Gasteiger partial charge in [0.05, 0.1) is 17.1 Å². The number of nitrogens with one attached hydrogen (secondary N) is 1. The molecular weight excluding hydrogens is 240 g/mol. The second-order valence-electron chi connectivity index (χ2n) is 4.15. The third kappa shape index (κ3) is 2.65. The summed E-state index contributed by atoms with van der Waals surface area (Å²) < 4.78 is 31.0. The molecule has 18 heavy (non-hydrogen) atoms.